The number of anilines is 1. The van der Waals surface area contributed by atoms with Crippen LogP contribution in [0.25, 0.3) is 0 Å². The number of Topliss-reactive ketones (excluding diaryl/α,β-unsaturated/α-hetero) is 1. The lowest BCUT2D eigenvalue weighted by atomic mass is 9.75. The third-order valence-corrected chi connectivity index (χ3v) is 4.56. The van der Waals surface area contributed by atoms with E-state index in [1.165, 1.54) is 0 Å². The minimum atomic E-state index is -0.260. The monoisotopic (exact) mass is 340 g/mol. The molecule has 2 aromatic rings. The molecule has 1 aliphatic rings. The van der Waals surface area contributed by atoms with Gasteiger partial charge in [-0.15, -0.1) is 0 Å². The molecule has 0 saturated heterocycles. The normalized spacial score (nSPS) is 15.6. The molecule has 25 heavy (non-hydrogen) atoms. The number of H-pyrrole nitrogens is 1. The van der Waals surface area contributed by atoms with Crippen molar-refractivity contribution in [3.05, 3.63) is 46.8 Å². The molecule has 1 amide bonds. The van der Waals surface area contributed by atoms with E-state index in [1.807, 2.05) is 32.0 Å². The molecule has 132 valence electrons. The maximum Gasteiger partial charge on any atom is 0.272 e. The number of carbonyl (C=O) groups is 2. The molecule has 0 bridgehead atoms. The lowest BCUT2D eigenvalue weighted by molar-refractivity contribution is 0.0910. The number of nitrogens with one attached hydrogen (secondary N) is 2. The van der Waals surface area contributed by atoms with E-state index in [1.54, 1.807) is 6.07 Å². The number of ether oxygens (including phenoxy) is 1. The summed E-state index contributed by atoms with van der Waals surface area (Å²) in [5.74, 6) is 0.475. The number of fused-ring (bicyclic) bond motifs is 1. The first-order valence-corrected chi connectivity index (χ1v) is 8.60. The summed E-state index contributed by atoms with van der Waals surface area (Å²) in [5.41, 5.74) is 3.25. The zero-order chi connectivity index (χ0) is 18.2. The number of para-hydroxylation sites is 2. The van der Waals surface area contributed by atoms with Crippen molar-refractivity contribution in [1.82, 2.24) is 4.98 Å². The van der Waals surface area contributed by atoms with Crippen LogP contribution in [0.4, 0.5) is 5.69 Å². The van der Waals surface area contributed by atoms with E-state index < -0.39 is 0 Å². The summed E-state index contributed by atoms with van der Waals surface area (Å²) in [6.45, 7) is 8.39. The highest BCUT2D eigenvalue weighted by molar-refractivity contribution is 6.09. The van der Waals surface area contributed by atoms with E-state index >= 15 is 0 Å². The summed E-state index contributed by atoms with van der Waals surface area (Å²) < 4.78 is 5.55. The number of ketones is 1. The van der Waals surface area contributed by atoms with Gasteiger partial charge < -0.3 is 15.0 Å². The van der Waals surface area contributed by atoms with Crippen molar-refractivity contribution in [3.63, 3.8) is 0 Å². The van der Waals surface area contributed by atoms with Crippen LogP contribution in [-0.4, -0.2) is 23.3 Å². The van der Waals surface area contributed by atoms with Crippen LogP contribution in [0.3, 0.4) is 0 Å². The molecule has 0 aliphatic heterocycles. The average Bonchev–Trinajstić information content (AvgIpc) is 2.85. The van der Waals surface area contributed by atoms with Crippen molar-refractivity contribution in [2.75, 3.05) is 11.9 Å². The summed E-state index contributed by atoms with van der Waals surface area (Å²) in [7, 11) is 0. The molecule has 2 N–H and O–H groups in total. The van der Waals surface area contributed by atoms with Gasteiger partial charge in [0.2, 0.25) is 0 Å². The Morgan fingerprint density at radius 1 is 1.28 bits per heavy atom. The zero-order valence-corrected chi connectivity index (χ0v) is 15.2. The van der Waals surface area contributed by atoms with Crippen LogP contribution in [0.15, 0.2) is 24.3 Å². The second kappa shape index (κ2) is 6.39. The lowest BCUT2D eigenvalue weighted by Gasteiger charge is -2.28. The molecule has 1 aliphatic carbocycles. The van der Waals surface area contributed by atoms with Gasteiger partial charge in [-0.1, -0.05) is 26.0 Å². The maximum absolute atomic E-state index is 12.8. The number of carbonyl (C=O) groups excluding carboxylic acids is 2. The Kier molecular flexibility index (Phi) is 4.41. The summed E-state index contributed by atoms with van der Waals surface area (Å²) in [5, 5.41) is 2.89. The van der Waals surface area contributed by atoms with Crippen LogP contribution in [0.1, 0.15) is 59.3 Å². The van der Waals surface area contributed by atoms with Crippen molar-refractivity contribution in [2.24, 2.45) is 5.41 Å². The van der Waals surface area contributed by atoms with Crippen LogP contribution >= 0.6 is 0 Å². The Morgan fingerprint density at radius 3 is 2.72 bits per heavy atom. The molecule has 1 aromatic heterocycles. The van der Waals surface area contributed by atoms with E-state index in [2.05, 4.69) is 24.1 Å². The Bertz CT molecular complexity index is 833. The number of hydrogen-bond acceptors (Lipinski definition) is 3. The van der Waals surface area contributed by atoms with Crippen molar-refractivity contribution in [2.45, 2.75) is 40.5 Å². The SMILES string of the molecule is CCOc1ccccc1NC(=O)c1[nH]c2c(c1C)C(=O)CC(C)(C)C2. The van der Waals surface area contributed by atoms with Gasteiger partial charge in [0.1, 0.15) is 11.4 Å². The average molecular weight is 340 g/mol. The van der Waals surface area contributed by atoms with Gasteiger partial charge in [0.25, 0.3) is 5.91 Å². The van der Waals surface area contributed by atoms with E-state index in [-0.39, 0.29) is 17.1 Å². The number of hydrogen-bond donors (Lipinski definition) is 2. The molecule has 5 heteroatoms. The largest absolute Gasteiger partial charge is 0.492 e. The van der Waals surface area contributed by atoms with Crippen molar-refractivity contribution < 1.29 is 14.3 Å². The molecule has 1 aromatic carbocycles. The predicted molar refractivity (Wildman–Crippen MR) is 97.5 cm³/mol. The minimum Gasteiger partial charge on any atom is -0.492 e. The van der Waals surface area contributed by atoms with E-state index in [4.69, 9.17) is 4.74 Å². The number of aromatic nitrogens is 1. The molecule has 3 rings (SSSR count). The van der Waals surface area contributed by atoms with Crippen LogP contribution in [0.5, 0.6) is 5.75 Å². The highest BCUT2D eigenvalue weighted by Gasteiger charge is 2.35. The number of benzene rings is 1. The molecule has 0 spiro atoms. The molecular formula is C20H24N2O3. The lowest BCUT2D eigenvalue weighted by Crippen LogP contribution is -2.26. The Labute approximate surface area is 147 Å². The number of amides is 1. The molecule has 0 atom stereocenters. The fourth-order valence-electron chi connectivity index (χ4n) is 3.50. The third kappa shape index (κ3) is 3.31. The predicted octanol–water partition coefficient (Wildman–Crippen LogP) is 4.13. The highest BCUT2D eigenvalue weighted by Crippen LogP contribution is 2.37. The number of rotatable bonds is 4. The van der Waals surface area contributed by atoms with Gasteiger partial charge >= 0.3 is 0 Å². The summed E-state index contributed by atoms with van der Waals surface area (Å²) in [4.78, 5) is 28.4. The van der Waals surface area contributed by atoms with Gasteiger partial charge in [-0.2, -0.15) is 0 Å². The van der Waals surface area contributed by atoms with Gasteiger partial charge in [-0.05, 0) is 43.4 Å². The van der Waals surface area contributed by atoms with Crippen molar-refractivity contribution in [1.29, 1.82) is 0 Å². The summed E-state index contributed by atoms with van der Waals surface area (Å²) in [6, 6.07) is 7.32. The molecular weight excluding hydrogens is 316 g/mol. The molecule has 0 saturated carbocycles. The standard InChI is InChI=1S/C20H24N2O3/c1-5-25-16-9-7-6-8-13(16)22-19(24)18-12(2)17-14(21-18)10-20(3,4)11-15(17)23/h6-9,21H,5,10-11H2,1-4H3,(H,22,24). The third-order valence-electron chi connectivity index (χ3n) is 4.56. The van der Waals surface area contributed by atoms with Crippen molar-refractivity contribution >= 4 is 17.4 Å². The molecule has 1 heterocycles. The maximum atomic E-state index is 12.8. The van der Waals surface area contributed by atoms with Crippen LogP contribution in [-0.2, 0) is 6.42 Å². The fraction of sp³-hybridized carbons (Fsp3) is 0.400. The molecule has 0 unspecified atom stereocenters. The second-order valence-electron chi connectivity index (χ2n) is 7.30. The van der Waals surface area contributed by atoms with Gasteiger partial charge in [0, 0.05) is 17.7 Å². The number of aromatic amines is 1. The van der Waals surface area contributed by atoms with Crippen molar-refractivity contribution in [3.8, 4) is 5.75 Å². The smallest absolute Gasteiger partial charge is 0.272 e. The van der Waals surface area contributed by atoms with Crippen LogP contribution in [0.2, 0.25) is 0 Å². The highest BCUT2D eigenvalue weighted by atomic mass is 16.5. The fourth-order valence-corrected chi connectivity index (χ4v) is 3.50. The first-order valence-electron chi connectivity index (χ1n) is 8.60. The summed E-state index contributed by atoms with van der Waals surface area (Å²) in [6.07, 6.45) is 1.27. The molecule has 0 fully saturated rings. The Morgan fingerprint density at radius 2 is 2.00 bits per heavy atom. The van der Waals surface area contributed by atoms with E-state index in [9.17, 15) is 9.59 Å². The zero-order valence-electron chi connectivity index (χ0n) is 15.2. The first kappa shape index (κ1) is 17.3. The van der Waals surface area contributed by atoms with Gasteiger partial charge in [0.05, 0.1) is 12.3 Å². The van der Waals surface area contributed by atoms with E-state index in [0.29, 0.717) is 35.7 Å². The van der Waals surface area contributed by atoms with Crippen LogP contribution < -0.4 is 10.1 Å². The van der Waals surface area contributed by atoms with Gasteiger partial charge in [-0.25, -0.2) is 0 Å². The second-order valence-corrected chi connectivity index (χ2v) is 7.30. The summed E-state index contributed by atoms with van der Waals surface area (Å²) >= 11 is 0. The minimum absolute atomic E-state index is 0.0866. The van der Waals surface area contributed by atoms with Gasteiger partial charge in [-0.3, -0.25) is 9.59 Å². The molecule has 5 nitrogen and oxygen atoms in total. The first-order chi connectivity index (χ1) is 11.8. The quantitative estimate of drug-likeness (QED) is 0.879. The van der Waals surface area contributed by atoms with Crippen LogP contribution in [0, 0.1) is 12.3 Å². The van der Waals surface area contributed by atoms with E-state index in [0.717, 1.165) is 17.7 Å². The Balaban J connectivity index is 1.91. The topological polar surface area (TPSA) is 71.2 Å². The molecule has 0 radical (unpaired) electrons. The Hall–Kier alpha value is -2.56. The van der Waals surface area contributed by atoms with Gasteiger partial charge in [0.15, 0.2) is 5.78 Å².